The van der Waals surface area contributed by atoms with E-state index in [-0.39, 0.29) is 17.6 Å². The largest absolute Gasteiger partial charge is 0.364 e. The molecule has 1 aromatic rings. The summed E-state index contributed by atoms with van der Waals surface area (Å²) in [4.78, 5) is 23.6. The Balaban J connectivity index is 2.20. The van der Waals surface area contributed by atoms with E-state index in [2.05, 4.69) is 5.32 Å². The second-order valence-electron chi connectivity index (χ2n) is 5.07. The number of benzene rings is 1. The van der Waals surface area contributed by atoms with Crippen molar-refractivity contribution in [3.8, 4) is 0 Å². The fraction of sp³-hybridized carbons (Fsp3) is 0.500. The number of piperidine rings is 1. The van der Waals surface area contributed by atoms with Crippen molar-refractivity contribution in [2.45, 2.75) is 32.2 Å². The maximum Gasteiger partial charge on any atom is 0.327 e. The van der Waals surface area contributed by atoms with Crippen molar-refractivity contribution in [2.24, 2.45) is 0 Å². The van der Waals surface area contributed by atoms with Crippen LogP contribution in [-0.2, 0) is 4.79 Å². The molecule has 0 aromatic heterocycles. The molecular formula is C14H18FN3O3. The van der Waals surface area contributed by atoms with Crippen molar-refractivity contribution in [3.05, 3.63) is 34.1 Å². The topological polar surface area (TPSA) is 75.5 Å². The van der Waals surface area contributed by atoms with Crippen LogP contribution in [0.25, 0.3) is 0 Å². The Bertz CT molecular complexity index is 550. The van der Waals surface area contributed by atoms with E-state index in [0.29, 0.717) is 19.5 Å². The zero-order valence-corrected chi connectivity index (χ0v) is 11.8. The monoisotopic (exact) mass is 295 g/mol. The molecule has 1 heterocycles. The summed E-state index contributed by atoms with van der Waals surface area (Å²) in [5, 5.41) is 13.9. The molecule has 1 N–H and O–H groups in total. The average molecular weight is 295 g/mol. The van der Waals surface area contributed by atoms with Crippen LogP contribution in [0.1, 0.15) is 26.2 Å². The maximum atomic E-state index is 13.7. The number of anilines is 1. The van der Waals surface area contributed by atoms with Gasteiger partial charge in [0.05, 0.1) is 4.92 Å². The van der Waals surface area contributed by atoms with Crippen molar-refractivity contribution in [1.82, 2.24) is 5.32 Å². The number of nitrogens with one attached hydrogen (secondary N) is 1. The molecule has 0 bridgehead atoms. The van der Waals surface area contributed by atoms with Gasteiger partial charge in [0, 0.05) is 25.6 Å². The highest BCUT2D eigenvalue weighted by Gasteiger charge is 2.28. The molecule has 1 atom stereocenters. The Morgan fingerprint density at radius 2 is 2.33 bits per heavy atom. The molecule has 1 amide bonds. The predicted molar refractivity (Wildman–Crippen MR) is 76.7 cm³/mol. The SMILES string of the molecule is CCC(=O)N[C@@H]1CCCN(c2cccc(F)c2[N+](=O)[O-])C1. The second-order valence-corrected chi connectivity index (χ2v) is 5.07. The highest BCUT2D eigenvalue weighted by Crippen LogP contribution is 2.32. The first-order valence-corrected chi connectivity index (χ1v) is 7.00. The van der Waals surface area contributed by atoms with Gasteiger partial charge in [-0.15, -0.1) is 0 Å². The number of hydrogen-bond donors (Lipinski definition) is 1. The van der Waals surface area contributed by atoms with Crippen molar-refractivity contribution in [2.75, 3.05) is 18.0 Å². The number of nitrogens with zero attached hydrogens (tertiary/aromatic N) is 2. The van der Waals surface area contributed by atoms with Crippen LogP contribution in [-0.4, -0.2) is 30.0 Å². The van der Waals surface area contributed by atoms with Crippen molar-refractivity contribution in [1.29, 1.82) is 0 Å². The summed E-state index contributed by atoms with van der Waals surface area (Å²) in [5.41, 5.74) is -0.226. The summed E-state index contributed by atoms with van der Waals surface area (Å²) >= 11 is 0. The maximum absolute atomic E-state index is 13.7. The molecule has 6 nitrogen and oxygen atoms in total. The molecule has 21 heavy (non-hydrogen) atoms. The highest BCUT2D eigenvalue weighted by molar-refractivity contribution is 5.76. The molecule has 0 spiro atoms. The van der Waals surface area contributed by atoms with Crippen LogP contribution in [0.4, 0.5) is 15.8 Å². The smallest absolute Gasteiger partial charge is 0.327 e. The first kappa shape index (κ1) is 15.2. The van der Waals surface area contributed by atoms with Gasteiger partial charge in [0.1, 0.15) is 5.69 Å². The Labute approximate surface area is 122 Å². The number of halogens is 1. The molecule has 1 aromatic carbocycles. The number of hydrogen-bond acceptors (Lipinski definition) is 4. The van der Waals surface area contributed by atoms with Crippen LogP contribution in [0.15, 0.2) is 18.2 Å². The van der Waals surface area contributed by atoms with Crippen LogP contribution < -0.4 is 10.2 Å². The minimum Gasteiger partial charge on any atom is -0.364 e. The lowest BCUT2D eigenvalue weighted by Crippen LogP contribution is -2.47. The van der Waals surface area contributed by atoms with Gasteiger partial charge >= 0.3 is 5.69 Å². The third-order valence-electron chi connectivity index (χ3n) is 3.60. The van der Waals surface area contributed by atoms with E-state index in [0.717, 1.165) is 18.9 Å². The first-order chi connectivity index (χ1) is 10.0. The van der Waals surface area contributed by atoms with E-state index in [1.807, 2.05) is 0 Å². The minimum absolute atomic E-state index is 0.0457. The summed E-state index contributed by atoms with van der Waals surface area (Å²) < 4.78 is 13.7. The molecule has 1 aliphatic rings. The molecule has 0 aliphatic carbocycles. The fourth-order valence-electron chi connectivity index (χ4n) is 2.58. The Kier molecular flexibility index (Phi) is 4.72. The van der Waals surface area contributed by atoms with Gasteiger partial charge in [-0.3, -0.25) is 14.9 Å². The van der Waals surface area contributed by atoms with E-state index in [1.165, 1.54) is 6.07 Å². The zero-order chi connectivity index (χ0) is 15.4. The number of amides is 1. The van der Waals surface area contributed by atoms with Crippen molar-refractivity contribution < 1.29 is 14.1 Å². The molecular weight excluding hydrogens is 277 g/mol. The van der Waals surface area contributed by atoms with Crippen LogP contribution in [0.2, 0.25) is 0 Å². The van der Waals surface area contributed by atoms with E-state index < -0.39 is 16.4 Å². The number of para-hydroxylation sites is 1. The van der Waals surface area contributed by atoms with Crippen LogP contribution >= 0.6 is 0 Å². The average Bonchev–Trinajstić information content (AvgIpc) is 2.46. The molecule has 0 radical (unpaired) electrons. The normalized spacial score (nSPS) is 18.4. The van der Waals surface area contributed by atoms with Gasteiger partial charge < -0.3 is 10.2 Å². The predicted octanol–water partition coefficient (Wildman–Crippen LogP) is 2.23. The van der Waals surface area contributed by atoms with E-state index in [4.69, 9.17) is 0 Å². The van der Waals surface area contributed by atoms with Gasteiger partial charge in [0.2, 0.25) is 11.7 Å². The quantitative estimate of drug-likeness (QED) is 0.682. The van der Waals surface area contributed by atoms with Crippen LogP contribution in [0, 0.1) is 15.9 Å². The summed E-state index contributed by atoms with van der Waals surface area (Å²) in [6.07, 6.45) is 2.02. The van der Waals surface area contributed by atoms with Gasteiger partial charge in [-0.1, -0.05) is 13.0 Å². The molecule has 0 unspecified atom stereocenters. The summed E-state index contributed by atoms with van der Waals surface area (Å²) in [6, 6.07) is 4.04. The van der Waals surface area contributed by atoms with E-state index in [1.54, 1.807) is 17.9 Å². The second kappa shape index (κ2) is 6.51. The number of carbonyl (C=O) groups excluding carboxylic acids is 1. The van der Waals surface area contributed by atoms with E-state index >= 15 is 0 Å². The summed E-state index contributed by atoms with van der Waals surface area (Å²) in [6.45, 7) is 2.84. The summed E-state index contributed by atoms with van der Waals surface area (Å²) in [7, 11) is 0. The number of rotatable bonds is 4. The molecule has 1 aliphatic heterocycles. The summed E-state index contributed by atoms with van der Waals surface area (Å²) in [5.74, 6) is -0.882. The van der Waals surface area contributed by atoms with Crippen molar-refractivity contribution in [3.63, 3.8) is 0 Å². The third-order valence-corrected chi connectivity index (χ3v) is 3.60. The lowest BCUT2D eigenvalue weighted by molar-refractivity contribution is -0.386. The molecule has 114 valence electrons. The van der Waals surface area contributed by atoms with Gasteiger partial charge in [0.25, 0.3) is 0 Å². The lowest BCUT2D eigenvalue weighted by Gasteiger charge is -2.34. The number of nitro benzene ring substituents is 1. The van der Waals surface area contributed by atoms with Crippen molar-refractivity contribution >= 4 is 17.3 Å². The van der Waals surface area contributed by atoms with Crippen LogP contribution in [0.3, 0.4) is 0 Å². The number of nitro groups is 1. The van der Waals surface area contributed by atoms with Gasteiger partial charge in [-0.05, 0) is 25.0 Å². The Hall–Kier alpha value is -2.18. The Morgan fingerprint density at radius 1 is 1.57 bits per heavy atom. The minimum atomic E-state index is -0.836. The molecule has 1 fully saturated rings. The number of carbonyl (C=O) groups is 1. The van der Waals surface area contributed by atoms with E-state index in [9.17, 15) is 19.3 Å². The lowest BCUT2D eigenvalue weighted by atomic mass is 10.0. The van der Waals surface area contributed by atoms with Crippen LogP contribution in [0.5, 0.6) is 0 Å². The zero-order valence-electron chi connectivity index (χ0n) is 11.8. The van der Waals surface area contributed by atoms with Gasteiger partial charge in [-0.25, -0.2) is 0 Å². The molecule has 1 saturated heterocycles. The standard InChI is InChI=1S/C14H18FN3O3/c1-2-13(19)16-10-5-4-8-17(9-10)12-7-3-6-11(15)14(12)18(20)21/h3,6-7,10H,2,4-5,8-9H2,1H3,(H,16,19)/t10-/m1/s1. The van der Waals surface area contributed by atoms with Gasteiger partial charge in [0.15, 0.2) is 0 Å². The fourth-order valence-corrected chi connectivity index (χ4v) is 2.58. The molecule has 7 heteroatoms. The highest BCUT2D eigenvalue weighted by atomic mass is 19.1. The van der Waals surface area contributed by atoms with Gasteiger partial charge in [-0.2, -0.15) is 4.39 Å². The molecule has 2 rings (SSSR count). The molecule has 0 saturated carbocycles. The first-order valence-electron chi connectivity index (χ1n) is 7.00. The third kappa shape index (κ3) is 3.48. The Morgan fingerprint density at radius 3 is 3.00 bits per heavy atom.